The highest BCUT2D eigenvalue weighted by molar-refractivity contribution is 5.80. The van der Waals surface area contributed by atoms with E-state index in [0.717, 1.165) is 12.8 Å². The van der Waals surface area contributed by atoms with E-state index < -0.39 is 0 Å². The largest absolute Gasteiger partial charge is 0.374 e. The van der Waals surface area contributed by atoms with Crippen molar-refractivity contribution < 1.29 is 9.53 Å². The summed E-state index contributed by atoms with van der Waals surface area (Å²) in [7, 11) is 1.61. The van der Waals surface area contributed by atoms with Gasteiger partial charge in [-0.25, -0.2) is 0 Å². The average molecular weight is 186 g/mol. The van der Waals surface area contributed by atoms with E-state index in [4.69, 9.17) is 4.74 Å². The molecule has 0 radical (unpaired) electrons. The molecule has 2 atom stereocenters. The standard InChI is InChI=1S/C11H22O2/c1-8(2)6-9(3)7-11(13-5)10(4)12/h8-9,11H,6-7H2,1-5H3. The molecule has 2 heteroatoms. The molecule has 0 rings (SSSR count). The molecule has 2 nitrogen and oxygen atoms in total. The molecule has 0 aliphatic rings. The molecule has 78 valence electrons. The minimum absolute atomic E-state index is 0.137. The van der Waals surface area contributed by atoms with Crippen LogP contribution in [0.2, 0.25) is 0 Å². The fourth-order valence-corrected chi connectivity index (χ4v) is 1.69. The Morgan fingerprint density at radius 1 is 1.23 bits per heavy atom. The third-order valence-electron chi connectivity index (χ3n) is 2.23. The van der Waals surface area contributed by atoms with Crippen LogP contribution in [0.15, 0.2) is 0 Å². The molecule has 0 heterocycles. The highest BCUT2D eigenvalue weighted by Crippen LogP contribution is 2.17. The van der Waals surface area contributed by atoms with Gasteiger partial charge in [-0.2, -0.15) is 0 Å². The van der Waals surface area contributed by atoms with E-state index in [1.165, 1.54) is 0 Å². The first-order chi connectivity index (χ1) is 5.97. The molecular weight excluding hydrogens is 164 g/mol. The number of ether oxygens (including phenoxy) is 1. The fourth-order valence-electron chi connectivity index (χ4n) is 1.69. The van der Waals surface area contributed by atoms with Crippen molar-refractivity contribution in [3.05, 3.63) is 0 Å². The molecule has 0 aromatic rings. The van der Waals surface area contributed by atoms with Gasteiger partial charge >= 0.3 is 0 Å². The van der Waals surface area contributed by atoms with Gasteiger partial charge in [-0.05, 0) is 31.6 Å². The Bertz CT molecular complexity index is 152. The lowest BCUT2D eigenvalue weighted by molar-refractivity contribution is -0.127. The van der Waals surface area contributed by atoms with Crippen molar-refractivity contribution >= 4 is 5.78 Å². The highest BCUT2D eigenvalue weighted by atomic mass is 16.5. The maximum atomic E-state index is 11.1. The lowest BCUT2D eigenvalue weighted by atomic mass is 9.93. The average Bonchev–Trinajstić information content (AvgIpc) is 1.98. The van der Waals surface area contributed by atoms with Crippen molar-refractivity contribution in [1.82, 2.24) is 0 Å². The topological polar surface area (TPSA) is 26.3 Å². The van der Waals surface area contributed by atoms with E-state index >= 15 is 0 Å². The van der Waals surface area contributed by atoms with Crippen molar-refractivity contribution in [3.8, 4) is 0 Å². The molecule has 13 heavy (non-hydrogen) atoms. The van der Waals surface area contributed by atoms with Crippen LogP contribution in [0.25, 0.3) is 0 Å². The van der Waals surface area contributed by atoms with Crippen LogP contribution >= 0.6 is 0 Å². The molecule has 0 amide bonds. The van der Waals surface area contributed by atoms with Crippen LogP contribution in [0.3, 0.4) is 0 Å². The second kappa shape index (κ2) is 6.14. The number of rotatable bonds is 6. The van der Waals surface area contributed by atoms with Gasteiger partial charge in [0.2, 0.25) is 0 Å². The van der Waals surface area contributed by atoms with Gasteiger partial charge in [-0.1, -0.05) is 20.8 Å². The summed E-state index contributed by atoms with van der Waals surface area (Å²) in [4.78, 5) is 11.1. The van der Waals surface area contributed by atoms with Crippen molar-refractivity contribution in [2.24, 2.45) is 11.8 Å². The zero-order chi connectivity index (χ0) is 10.4. The Morgan fingerprint density at radius 3 is 2.08 bits per heavy atom. The van der Waals surface area contributed by atoms with Gasteiger partial charge in [-0.3, -0.25) is 4.79 Å². The van der Waals surface area contributed by atoms with E-state index in [1.807, 2.05) is 0 Å². The Hall–Kier alpha value is -0.370. The summed E-state index contributed by atoms with van der Waals surface area (Å²) in [5, 5.41) is 0. The number of carbonyl (C=O) groups is 1. The van der Waals surface area contributed by atoms with Crippen molar-refractivity contribution in [2.75, 3.05) is 7.11 Å². The molecule has 0 aromatic carbocycles. The molecule has 0 fully saturated rings. The molecule has 0 spiro atoms. The molecule has 0 bridgehead atoms. The summed E-state index contributed by atoms with van der Waals surface area (Å²) in [6.07, 6.45) is 1.81. The normalized spacial score (nSPS) is 15.8. The van der Waals surface area contributed by atoms with Crippen molar-refractivity contribution in [1.29, 1.82) is 0 Å². The molecule has 0 N–H and O–H groups in total. The number of methoxy groups -OCH3 is 1. The number of hydrogen-bond acceptors (Lipinski definition) is 2. The monoisotopic (exact) mass is 186 g/mol. The van der Waals surface area contributed by atoms with Crippen LogP contribution in [0, 0.1) is 11.8 Å². The zero-order valence-corrected chi connectivity index (χ0v) is 9.46. The number of Topliss-reactive ketones (excluding diaryl/α,β-unsaturated/α-hetero) is 1. The van der Waals surface area contributed by atoms with Crippen molar-refractivity contribution in [2.45, 2.75) is 46.6 Å². The lowest BCUT2D eigenvalue weighted by Crippen LogP contribution is -2.23. The van der Waals surface area contributed by atoms with Gasteiger partial charge in [0.15, 0.2) is 5.78 Å². The third-order valence-corrected chi connectivity index (χ3v) is 2.23. The van der Waals surface area contributed by atoms with Gasteiger partial charge in [-0.15, -0.1) is 0 Å². The maximum Gasteiger partial charge on any atom is 0.158 e. The van der Waals surface area contributed by atoms with Gasteiger partial charge < -0.3 is 4.74 Å². The molecule has 2 unspecified atom stereocenters. The van der Waals surface area contributed by atoms with E-state index in [9.17, 15) is 4.79 Å². The van der Waals surface area contributed by atoms with Crippen LogP contribution < -0.4 is 0 Å². The van der Waals surface area contributed by atoms with E-state index in [1.54, 1.807) is 14.0 Å². The predicted molar refractivity (Wildman–Crippen MR) is 54.7 cm³/mol. The Morgan fingerprint density at radius 2 is 1.77 bits per heavy atom. The van der Waals surface area contributed by atoms with E-state index in [2.05, 4.69) is 20.8 Å². The Balaban J connectivity index is 3.86. The van der Waals surface area contributed by atoms with E-state index in [-0.39, 0.29) is 11.9 Å². The summed E-state index contributed by atoms with van der Waals surface area (Å²) < 4.78 is 5.11. The van der Waals surface area contributed by atoms with Crippen LogP contribution in [0.5, 0.6) is 0 Å². The summed E-state index contributed by atoms with van der Waals surface area (Å²) in [5.41, 5.74) is 0. The van der Waals surface area contributed by atoms with Gasteiger partial charge in [0.05, 0.1) is 0 Å². The van der Waals surface area contributed by atoms with Crippen LogP contribution in [0.1, 0.15) is 40.5 Å². The number of carbonyl (C=O) groups excluding carboxylic acids is 1. The molecule has 0 saturated heterocycles. The minimum Gasteiger partial charge on any atom is -0.374 e. The van der Waals surface area contributed by atoms with Gasteiger partial charge in [0, 0.05) is 7.11 Å². The first kappa shape index (κ1) is 12.6. The maximum absolute atomic E-state index is 11.1. The SMILES string of the molecule is COC(CC(C)CC(C)C)C(C)=O. The highest BCUT2D eigenvalue weighted by Gasteiger charge is 2.17. The van der Waals surface area contributed by atoms with Crippen LogP contribution in [0.4, 0.5) is 0 Å². The van der Waals surface area contributed by atoms with E-state index in [0.29, 0.717) is 11.8 Å². The zero-order valence-electron chi connectivity index (χ0n) is 9.46. The third kappa shape index (κ3) is 5.81. The fraction of sp³-hybridized carbons (Fsp3) is 0.909. The number of hydrogen-bond donors (Lipinski definition) is 0. The Labute approximate surface area is 81.7 Å². The second-order valence-electron chi connectivity index (χ2n) is 4.31. The second-order valence-corrected chi connectivity index (χ2v) is 4.31. The predicted octanol–water partition coefficient (Wildman–Crippen LogP) is 2.66. The molecule has 0 saturated carbocycles. The molecule has 0 aromatic heterocycles. The quantitative estimate of drug-likeness (QED) is 0.637. The van der Waals surface area contributed by atoms with Crippen molar-refractivity contribution in [3.63, 3.8) is 0 Å². The first-order valence-corrected chi connectivity index (χ1v) is 5.00. The Kier molecular flexibility index (Phi) is 5.97. The summed E-state index contributed by atoms with van der Waals surface area (Å²) >= 11 is 0. The summed E-state index contributed by atoms with van der Waals surface area (Å²) in [6, 6.07) is 0. The van der Waals surface area contributed by atoms with Gasteiger partial charge in [0.1, 0.15) is 6.10 Å². The molecular formula is C11H22O2. The minimum atomic E-state index is -0.200. The smallest absolute Gasteiger partial charge is 0.158 e. The van der Waals surface area contributed by atoms with Crippen LogP contribution in [-0.4, -0.2) is 19.0 Å². The first-order valence-electron chi connectivity index (χ1n) is 5.00. The summed E-state index contributed by atoms with van der Waals surface area (Å²) in [6.45, 7) is 8.17. The molecule has 0 aliphatic carbocycles. The lowest BCUT2D eigenvalue weighted by Gasteiger charge is -2.18. The summed E-state index contributed by atoms with van der Waals surface area (Å²) in [5.74, 6) is 1.39. The van der Waals surface area contributed by atoms with Gasteiger partial charge in [0.25, 0.3) is 0 Å². The van der Waals surface area contributed by atoms with Crippen LogP contribution in [-0.2, 0) is 9.53 Å². The number of ketones is 1. The molecule has 0 aliphatic heterocycles.